The predicted molar refractivity (Wildman–Crippen MR) is 147 cm³/mol. The van der Waals surface area contributed by atoms with Crippen molar-refractivity contribution in [2.45, 2.75) is 25.6 Å². The van der Waals surface area contributed by atoms with Gasteiger partial charge in [0.05, 0.1) is 16.1 Å². The summed E-state index contributed by atoms with van der Waals surface area (Å²) in [6.07, 6.45) is 5.17. The minimum absolute atomic E-state index is 0.318. The summed E-state index contributed by atoms with van der Waals surface area (Å²) < 4.78 is 38.5. The molecule has 2 aromatic heterocycles. The molecule has 0 aliphatic heterocycles. The van der Waals surface area contributed by atoms with Gasteiger partial charge in [0.2, 0.25) is 0 Å². The molecule has 2 aromatic carbocycles. The van der Waals surface area contributed by atoms with Crippen molar-refractivity contribution in [3.8, 4) is 10.4 Å². The summed E-state index contributed by atoms with van der Waals surface area (Å²) in [4.78, 5) is 13.9. The first kappa shape index (κ1) is 26.2. The summed E-state index contributed by atoms with van der Waals surface area (Å²) in [6, 6.07) is 12.9. The topological polar surface area (TPSA) is 76.2 Å². The monoisotopic (exact) mass is 521 g/mol. The average molecular weight is 522 g/mol. The number of alkyl halides is 3. The molecular weight excluding hydrogens is 495 g/mol. The Morgan fingerprint density at radius 1 is 1.16 bits per heavy atom. The van der Waals surface area contributed by atoms with Crippen LogP contribution in [0, 0.1) is 0 Å². The number of hydrogen-bond acceptors (Lipinski definition) is 6. The van der Waals surface area contributed by atoms with E-state index in [9.17, 15) is 13.2 Å². The van der Waals surface area contributed by atoms with E-state index in [4.69, 9.17) is 10.7 Å². The number of rotatable bonds is 9. The smallest absolute Gasteiger partial charge is 0.360 e. The maximum absolute atomic E-state index is 12.8. The normalized spacial score (nSPS) is 13.3. The van der Waals surface area contributed by atoms with Crippen molar-refractivity contribution in [2.75, 3.05) is 11.9 Å². The van der Waals surface area contributed by atoms with E-state index in [1.807, 2.05) is 43.5 Å². The lowest BCUT2D eigenvalue weighted by Crippen LogP contribution is -2.31. The Hall–Kier alpha value is -3.82. The van der Waals surface area contributed by atoms with Gasteiger partial charge in [-0.3, -0.25) is 9.98 Å². The highest BCUT2D eigenvalue weighted by Crippen LogP contribution is 2.38. The minimum Gasteiger partial charge on any atom is -0.360 e. The van der Waals surface area contributed by atoms with Gasteiger partial charge in [0.15, 0.2) is 5.13 Å². The van der Waals surface area contributed by atoms with Gasteiger partial charge in [-0.15, -0.1) is 0 Å². The van der Waals surface area contributed by atoms with Gasteiger partial charge in [0.25, 0.3) is 0 Å². The van der Waals surface area contributed by atoms with Crippen LogP contribution in [-0.4, -0.2) is 29.3 Å². The third kappa shape index (κ3) is 6.49. The number of aromatic nitrogens is 2. The quantitative estimate of drug-likeness (QED) is 0.184. The zero-order valence-electron chi connectivity index (χ0n) is 20.2. The standard InChI is InChI=1S/C28H26F3N5S/c1-3-4-22(15-33-2)25-26(20-7-8-21-16-34-12-11-19(21)14-20)37-27(36-25)35-17-24(32)13-18-5-9-23(10-6-18)28(29,30)31/h3-12,14-16,24H,2,13,17,32H2,1H3,(H,35,36)/b4-3-,22-15+/t24-/m0/s1. The van der Waals surface area contributed by atoms with Crippen LogP contribution in [0.1, 0.15) is 23.7 Å². The van der Waals surface area contributed by atoms with Crippen LogP contribution in [-0.2, 0) is 12.6 Å². The second kappa shape index (κ2) is 11.5. The fourth-order valence-corrected chi connectivity index (χ4v) is 4.89. The minimum atomic E-state index is -4.36. The molecule has 3 N–H and O–H groups in total. The summed E-state index contributed by atoms with van der Waals surface area (Å²) in [5.74, 6) is 0. The highest BCUT2D eigenvalue weighted by molar-refractivity contribution is 7.19. The number of nitrogens with zero attached hydrogens (tertiary/aromatic N) is 3. The SMILES string of the molecule is C=N/C=C(\C=C/C)c1nc(NC[C@@H](N)Cc2ccc(C(F)(F)F)cc2)sc1-c1ccc2cnccc2c1. The molecule has 190 valence electrons. The first-order valence-corrected chi connectivity index (χ1v) is 12.4. The molecule has 0 spiro atoms. The second-order valence-electron chi connectivity index (χ2n) is 8.44. The van der Waals surface area contributed by atoms with Crippen molar-refractivity contribution in [3.63, 3.8) is 0 Å². The van der Waals surface area contributed by atoms with Gasteiger partial charge >= 0.3 is 6.18 Å². The molecule has 37 heavy (non-hydrogen) atoms. The van der Waals surface area contributed by atoms with E-state index in [1.165, 1.54) is 23.5 Å². The molecule has 9 heteroatoms. The molecular formula is C28H26F3N5S. The Kier molecular flexibility index (Phi) is 8.15. The molecule has 0 amide bonds. The lowest BCUT2D eigenvalue weighted by molar-refractivity contribution is -0.137. The summed E-state index contributed by atoms with van der Waals surface area (Å²) in [5.41, 5.74) is 8.95. The van der Waals surface area contributed by atoms with E-state index < -0.39 is 11.7 Å². The highest BCUT2D eigenvalue weighted by atomic mass is 32.1. The fraction of sp³-hybridized carbons (Fsp3) is 0.179. The fourth-order valence-electron chi connectivity index (χ4n) is 3.90. The van der Waals surface area contributed by atoms with Crippen LogP contribution in [0.25, 0.3) is 26.8 Å². The number of thiazole rings is 1. The van der Waals surface area contributed by atoms with Gasteiger partial charge in [-0.25, -0.2) is 4.98 Å². The Labute approximate surface area is 217 Å². The lowest BCUT2D eigenvalue weighted by atomic mass is 10.0. The number of benzene rings is 2. The average Bonchev–Trinajstić information content (AvgIpc) is 3.31. The number of hydrogen-bond donors (Lipinski definition) is 2. The van der Waals surface area contributed by atoms with Crippen molar-refractivity contribution in [1.82, 2.24) is 9.97 Å². The number of anilines is 1. The molecule has 2 heterocycles. The van der Waals surface area contributed by atoms with Gasteiger partial charge in [-0.1, -0.05) is 47.8 Å². The van der Waals surface area contributed by atoms with Crippen LogP contribution in [0.3, 0.4) is 0 Å². The number of pyridine rings is 1. The van der Waals surface area contributed by atoms with E-state index in [2.05, 4.69) is 28.1 Å². The summed E-state index contributed by atoms with van der Waals surface area (Å²) in [7, 11) is 0. The van der Waals surface area contributed by atoms with Gasteiger partial charge in [-0.05, 0) is 60.8 Å². The predicted octanol–water partition coefficient (Wildman–Crippen LogP) is 6.98. The van der Waals surface area contributed by atoms with Crippen LogP contribution < -0.4 is 11.1 Å². The number of allylic oxidation sites excluding steroid dienone is 3. The van der Waals surface area contributed by atoms with Gasteiger partial charge < -0.3 is 11.1 Å². The molecule has 0 unspecified atom stereocenters. The zero-order chi connectivity index (χ0) is 26.4. The number of nitrogens with two attached hydrogens (primary N) is 1. The van der Waals surface area contributed by atoms with E-state index >= 15 is 0 Å². The van der Waals surface area contributed by atoms with Crippen LogP contribution in [0.15, 0.2) is 84.3 Å². The Balaban J connectivity index is 1.56. The zero-order valence-corrected chi connectivity index (χ0v) is 21.0. The number of nitrogens with one attached hydrogen (secondary N) is 1. The third-order valence-electron chi connectivity index (χ3n) is 5.67. The lowest BCUT2D eigenvalue weighted by Gasteiger charge is -2.13. The maximum Gasteiger partial charge on any atom is 0.416 e. The molecule has 0 aliphatic rings. The molecule has 0 fully saturated rings. The Morgan fingerprint density at radius 3 is 2.65 bits per heavy atom. The summed E-state index contributed by atoms with van der Waals surface area (Å²) >= 11 is 1.50. The summed E-state index contributed by atoms with van der Waals surface area (Å²) in [6.45, 7) is 5.91. The van der Waals surface area contributed by atoms with E-state index in [1.54, 1.807) is 12.4 Å². The molecule has 0 radical (unpaired) electrons. The Bertz CT molecular complexity index is 1440. The number of halogens is 3. The van der Waals surface area contributed by atoms with Crippen molar-refractivity contribution >= 4 is 39.5 Å². The first-order chi connectivity index (χ1) is 17.8. The van der Waals surface area contributed by atoms with E-state index in [0.717, 1.165) is 50.2 Å². The Morgan fingerprint density at radius 2 is 1.95 bits per heavy atom. The van der Waals surface area contributed by atoms with Crippen molar-refractivity contribution in [1.29, 1.82) is 0 Å². The van der Waals surface area contributed by atoms with Crippen molar-refractivity contribution in [3.05, 3.63) is 96.1 Å². The van der Waals surface area contributed by atoms with E-state index in [0.29, 0.717) is 18.1 Å². The van der Waals surface area contributed by atoms with Crippen LogP contribution in [0.5, 0.6) is 0 Å². The summed E-state index contributed by atoms with van der Waals surface area (Å²) in [5, 5.41) is 6.10. The van der Waals surface area contributed by atoms with Crippen LogP contribution in [0.2, 0.25) is 0 Å². The largest absolute Gasteiger partial charge is 0.416 e. The molecule has 1 atom stereocenters. The maximum atomic E-state index is 12.8. The van der Waals surface area contributed by atoms with Crippen LogP contribution in [0.4, 0.5) is 18.3 Å². The van der Waals surface area contributed by atoms with Gasteiger partial charge in [0, 0.05) is 42.1 Å². The third-order valence-corrected chi connectivity index (χ3v) is 6.74. The van der Waals surface area contributed by atoms with Crippen molar-refractivity contribution in [2.24, 2.45) is 10.7 Å². The molecule has 4 aromatic rings. The number of aliphatic imine (C=N–C) groups is 1. The van der Waals surface area contributed by atoms with Crippen molar-refractivity contribution < 1.29 is 13.2 Å². The van der Waals surface area contributed by atoms with E-state index in [-0.39, 0.29) is 6.04 Å². The molecule has 0 bridgehead atoms. The molecule has 0 saturated carbocycles. The molecule has 0 aliphatic carbocycles. The molecule has 4 rings (SSSR count). The second-order valence-corrected chi connectivity index (χ2v) is 9.44. The first-order valence-electron chi connectivity index (χ1n) is 11.6. The van der Waals surface area contributed by atoms with Gasteiger partial charge in [0.1, 0.15) is 0 Å². The molecule has 0 saturated heterocycles. The highest BCUT2D eigenvalue weighted by Gasteiger charge is 2.30. The van der Waals surface area contributed by atoms with Crippen LogP contribution >= 0.6 is 11.3 Å². The number of fused-ring (bicyclic) bond motifs is 1. The molecule has 5 nitrogen and oxygen atoms in total. The van der Waals surface area contributed by atoms with Gasteiger partial charge in [-0.2, -0.15) is 13.2 Å².